The minimum atomic E-state index is -0.426. The zero-order chi connectivity index (χ0) is 13.6. The average molecular weight is 248 g/mol. The lowest BCUT2D eigenvalue weighted by atomic mass is 9.67. The van der Waals surface area contributed by atoms with Crippen molar-refractivity contribution in [2.24, 2.45) is 0 Å². The lowest BCUT2D eigenvalue weighted by Crippen LogP contribution is -2.36. The summed E-state index contributed by atoms with van der Waals surface area (Å²) >= 11 is 0. The SMILES string of the molecule is COC(=O)c1cnc2c(n1)C(C)(C)CCC2(C)C. The highest BCUT2D eigenvalue weighted by Crippen LogP contribution is 2.43. The van der Waals surface area contributed by atoms with Crippen LogP contribution in [0.4, 0.5) is 0 Å². The molecule has 1 heterocycles. The molecule has 0 spiro atoms. The summed E-state index contributed by atoms with van der Waals surface area (Å²) in [6.45, 7) is 8.65. The van der Waals surface area contributed by atoms with Crippen LogP contribution in [0.1, 0.15) is 62.4 Å². The van der Waals surface area contributed by atoms with Crippen molar-refractivity contribution in [3.05, 3.63) is 23.3 Å². The molecule has 0 aromatic carbocycles. The molecule has 1 aliphatic carbocycles. The van der Waals surface area contributed by atoms with Crippen LogP contribution in [0.25, 0.3) is 0 Å². The van der Waals surface area contributed by atoms with Crippen LogP contribution in [0.2, 0.25) is 0 Å². The fraction of sp³-hybridized carbons (Fsp3) is 0.643. The number of esters is 1. The van der Waals surface area contributed by atoms with Gasteiger partial charge in [-0.1, -0.05) is 27.7 Å². The molecule has 0 fully saturated rings. The molecule has 1 aliphatic rings. The first-order valence-corrected chi connectivity index (χ1v) is 6.24. The molecule has 0 N–H and O–H groups in total. The van der Waals surface area contributed by atoms with Gasteiger partial charge in [0.2, 0.25) is 0 Å². The summed E-state index contributed by atoms with van der Waals surface area (Å²) in [5, 5.41) is 0. The van der Waals surface area contributed by atoms with Gasteiger partial charge in [0.25, 0.3) is 0 Å². The van der Waals surface area contributed by atoms with Crippen LogP contribution in [0.15, 0.2) is 6.20 Å². The van der Waals surface area contributed by atoms with E-state index >= 15 is 0 Å². The number of nitrogens with zero attached hydrogens (tertiary/aromatic N) is 2. The first-order valence-electron chi connectivity index (χ1n) is 6.24. The molecular formula is C14H20N2O2. The van der Waals surface area contributed by atoms with Gasteiger partial charge >= 0.3 is 5.97 Å². The van der Waals surface area contributed by atoms with Crippen molar-refractivity contribution < 1.29 is 9.53 Å². The summed E-state index contributed by atoms with van der Waals surface area (Å²) in [5.41, 5.74) is 2.21. The second-order valence-corrected chi connectivity index (χ2v) is 6.21. The largest absolute Gasteiger partial charge is 0.464 e. The highest BCUT2D eigenvalue weighted by molar-refractivity contribution is 5.86. The Morgan fingerprint density at radius 1 is 1.17 bits per heavy atom. The van der Waals surface area contributed by atoms with Crippen molar-refractivity contribution >= 4 is 5.97 Å². The van der Waals surface area contributed by atoms with Crippen molar-refractivity contribution in [1.29, 1.82) is 0 Å². The van der Waals surface area contributed by atoms with Gasteiger partial charge in [0, 0.05) is 10.8 Å². The highest BCUT2D eigenvalue weighted by Gasteiger charge is 2.40. The summed E-state index contributed by atoms with van der Waals surface area (Å²) in [6, 6.07) is 0. The topological polar surface area (TPSA) is 52.1 Å². The monoisotopic (exact) mass is 248 g/mol. The summed E-state index contributed by atoms with van der Waals surface area (Å²) in [4.78, 5) is 20.5. The van der Waals surface area contributed by atoms with E-state index in [0.29, 0.717) is 5.69 Å². The Hall–Kier alpha value is -1.45. The van der Waals surface area contributed by atoms with Gasteiger partial charge in [-0.05, 0) is 12.8 Å². The zero-order valence-corrected chi connectivity index (χ0v) is 11.7. The van der Waals surface area contributed by atoms with Gasteiger partial charge in [0.15, 0.2) is 5.69 Å². The number of hydrogen-bond donors (Lipinski definition) is 0. The number of rotatable bonds is 1. The Bertz CT molecular complexity index is 493. The van der Waals surface area contributed by atoms with Crippen LogP contribution in [0.3, 0.4) is 0 Å². The van der Waals surface area contributed by atoms with E-state index in [4.69, 9.17) is 4.74 Å². The maximum atomic E-state index is 11.5. The number of fused-ring (bicyclic) bond motifs is 1. The number of carbonyl (C=O) groups excluding carboxylic acids is 1. The van der Waals surface area contributed by atoms with Gasteiger partial charge in [0.05, 0.1) is 24.7 Å². The molecule has 18 heavy (non-hydrogen) atoms. The Balaban J connectivity index is 2.58. The van der Waals surface area contributed by atoms with Gasteiger partial charge < -0.3 is 4.74 Å². The Kier molecular flexibility index (Phi) is 2.92. The fourth-order valence-corrected chi connectivity index (χ4v) is 2.42. The van der Waals surface area contributed by atoms with E-state index in [0.717, 1.165) is 24.2 Å². The van der Waals surface area contributed by atoms with Gasteiger partial charge in [0.1, 0.15) is 0 Å². The second-order valence-electron chi connectivity index (χ2n) is 6.21. The Morgan fingerprint density at radius 3 is 2.28 bits per heavy atom. The third-order valence-corrected chi connectivity index (χ3v) is 3.82. The molecule has 0 saturated heterocycles. The highest BCUT2D eigenvalue weighted by atomic mass is 16.5. The molecular weight excluding hydrogens is 228 g/mol. The van der Waals surface area contributed by atoms with Crippen molar-refractivity contribution in [1.82, 2.24) is 9.97 Å². The molecule has 0 aliphatic heterocycles. The molecule has 4 heteroatoms. The quantitative estimate of drug-likeness (QED) is 0.717. The van der Waals surface area contributed by atoms with E-state index in [1.807, 2.05) is 0 Å². The lowest BCUT2D eigenvalue weighted by molar-refractivity contribution is 0.0592. The summed E-state index contributed by atoms with van der Waals surface area (Å²) < 4.78 is 4.71. The number of hydrogen-bond acceptors (Lipinski definition) is 4. The van der Waals surface area contributed by atoms with E-state index in [1.54, 1.807) is 0 Å². The van der Waals surface area contributed by atoms with Crippen molar-refractivity contribution in [2.45, 2.75) is 51.4 Å². The standard InChI is InChI=1S/C14H20N2O2/c1-13(2)6-7-14(3,4)11-10(13)15-8-9(16-11)12(17)18-5/h8H,6-7H2,1-5H3. The van der Waals surface area contributed by atoms with E-state index in [2.05, 4.69) is 37.7 Å². The first kappa shape index (κ1) is 13.0. The minimum absolute atomic E-state index is 0.0203. The van der Waals surface area contributed by atoms with E-state index in [-0.39, 0.29) is 10.8 Å². The van der Waals surface area contributed by atoms with Crippen LogP contribution in [0, 0.1) is 0 Å². The Labute approximate surface area is 108 Å². The molecule has 4 nitrogen and oxygen atoms in total. The first-order chi connectivity index (χ1) is 8.28. The average Bonchev–Trinajstić information content (AvgIpc) is 2.34. The number of methoxy groups -OCH3 is 1. The van der Waals surface area contributed by atoms with Crippen LogP contribution >= 0.6 is 0 Å². The third kappa shape index (κ3) is 2.00. The molecule has 0 amide bonds. The molecule has 98 valence electrons. The minimum Gasteiger partial charge on any atom is -0.464 e. The Morgan fingerprint density at radius 2 is 1.72 bits per heavy atom. The smallest absolute Gasteiger partial charge is 0.358 e. The van der Waals surface area contributed by atoms with E-state index < -0.39 is 5.97 Å². The number of carbonyl (C=O) groups is 1. The summed E-state index contributed by atoms with van der Waals surface area (Å²) in [6.07, 6.45) is 3.65. The van der Waals surface area contributed by atoms with Crippen LogP contribution in [-0.2, 0) is 15.6 Å². The fourth-order valence-electron chi connectivity index (χ4n) is 2.42. The lowest BCUT2D eigenvalue weighted by Gasteiger charge is -2.39. The number of ether oxygens (including phenoxy) is 1. The molecule has 2 rings (SSSR count). The summed E-state index contributed by atoms with van der Waals surface area (Å²) in [7, 11) is 1.36. The van der Waals surface area contributed by atoms with Gasteiger partial charge in [-0.25, -0.2) is 9.78 Å². The number of aromatic nitrogens is 2. The predicted octanol–water partition coefficient (Wildman–Crippen LogP) is 2.61. The normalized spacial score (nSPS) is 20.1. The van der Waals surface area contributed by atoms with E-state index in [1.165, 1.54) is 13.3 Å². The summed E-state index contributed by atoms with van der Waals surface area (Å²) in [5.74, 6) is -0.426. The van der Waals surface area contributed by atoms with E-state index in [9.17, 15) is 4.79 Å². The van der Waals surface area contributed by atoms with Crippen LogP contribution in [0.5, 0.6) is 0 Å². The zero-order valence-electron chi connectivity index (χ0n) is 11.7. The van der Waals surface area contributed by atoms with Gasteiger partial charge in [-0.2, -0.15) is 0 Å². The molecule has 0 atom stereocenters. The van der Waals surface area contributed by atoms with Gasteiger partial charge in [-0.15, -0.1) is 0 Å². The van der Waals surface area contributed by atoms with Crippen molar-refractivity contribution in [3.8, 4) is 0 Å². The maximum Gasteiger partial charge on any atom is 0.358 e. The van der Waals surface area contributed by atoms with Crippen molar-refractivity contribution in [3.63, 3.8) is 0 Å². The molecule has 0 bridgehead atoms. The van der Waals surface area contributed by atoms with Crippen LogP contribution < -0.4 is 0 Å². The molecule has 0 radical (unpaired) electrons. The molecule has 1 aromatic rings. The van der Waals surface area contributed by atoms with Crippen LogP contribution in [-0.4, -0.2) is 23.0 Å². The van der Waals surface area contributed by atoms with Crippen molar-refractivity contribution in [2.75, 3.05) is 7.11 Å². The second kappa shape index (κ2) is 4.04. The molecule has 0 unspecified atom stereocenters. The molecule has 0 saturated carbocycles. The van der Waals surface area contributed by atoms with Gasteiger partial charge in [-0.3, -0.25) is 4.98 Å². The predicted molar refractivity (Wildman–Crippen MR) is 68.7 cm³/mol. The maximum absolute atomic E-state index is 11.5. The third-order valence-electron chi connectivity index (χ3n) is 3.82. The molecule has 1 aromatic heterocycles.